The van der Waals surface area contributed by atoms with Crippen molar-refractivity contribution in [1.82, 2.24) is 14.7 Å². The predicted octanol–water partition coefficient (Wildman–Crippen LogP) is 1.64. The Labute approximate surface area is 154 Å². The molecule has 0 bridgehead atoms. The first-order valence-electron chi connectivity index (χ1n) is 9.38. The third-order valence-corrected chi connectivity index (χ3v) is 5.38. The van der Waals surface area contributed by atoms with Crippen molar-refractivity contribution in [3.8, 4) is 0 Å². The molecule has 1 amide bonds. The zero-order valence-corrected chi connectivity index (χ0v) is 15.6. The summed E-state index contributed by atoms with van der Waals surface area (Å²) in [5, 5.41) is 0. The van der Waals surface area contributed by atoms with Gasteiger partial charge in [0.1, 0.15) is 11.6 Å². The van der Waals surface area contributed by atoms with E-state index in [1.54, 1.807) is 0 Å². The minimum absolute atomic E-state index is 0.176. The maximum atomic E-state index is 13.9. The number of benzene rings is 1. The van der Waals surface area contributed by atoms with Gasteiger partial charge in [0.25, 0.3) is 0 Å². The first-order chi connectivity index (χ1) is 12.4. The average molecular weight is 366 g/mol. The molecule has 1 aromatic carbocycles. The Bertz CT molecular complexity index is 624. The summed E-state index contributed by atoms with van der Waals surface area (Å²) < 4.78 is 27.0. The van der Waals surface area contributed by atoms with Gasteiger partial charge in [-0.2, -0.15) is 0 Å². The van der Waals surface area contributed by atoms with Crippen LogP contribution >= 0.6 is 0 Å². The highest BCUT2D eigenvalue weighted by Gasteiger charge is 2.26. The van der Waals surface area contributed by atoms with Crippen LogP contribution in [0.1, 0.15) is 13.8 Å². The Balaban J connectivity index is 1.46. The van der Waals surface area contributed by atoms with Crippen LogP contribution in [0.2, 0.25) is 0 Å². The van der Waals surface area contributed by atoms with Crippen LogP contribution in [0.4, 0.5) is 14.5 Å². The average Bonchev–Trinajstić information content (AvgIpc) is 2.63. The molecule has 2 heterocycles. The highest BCUT2D eigenvalue weighted by molar-refractivity contribution is 5.78. The smallest absolute Gasteiger partial charge is 0.236 e. The highest BCUT2D eigenvalue weighted by atomic mass is 19.1. The van der Waals surface area contributed by atoms with Crippen molar-refractivity contribution < 1.29 is 13.6 Å². The molecule has 0 saturated carbocycles. The zero-order chi connectivity index (χ0) is 18.7. The summed E-state index contributed by atoms with van der Waals surface area (Å²) >= 11 is 0. The van der Waals surface area contributed by atoms with E-state index in [2.05, 4.69) is 23.6 Å². The van der Waals surface area contributed by atoms with E-state index in [0.29, 0.717) is 44.5 Å². The Morgan fingerprint density at radius 1 is 1.00 bits per heavy atom. The molecule has 7 heteroatoms. The fourth-order valence-corrected chi connectivity index (χ4v) is 3.66. The quantitative estimate of drug-likeness (QED) is 0.811. The van der Waals surface area contributed by atoms with E-state index in [-0.39, 0.29) is 5.91 Å². The largest absolute Gasteiger partial charge is 0.367 e. The normalized spacial score (nSPS) is 20.0. The summed E-state index contributed by atoms with van der Waals surface area (Å²) in [6.45, 7) is 10.9. The van der Waals surface area contributed by atoms with E-state index >= 15 is 0 Å². The minimum Gasteiger partial charge on any atom is -0.367 e. The lowest BCUT2D eigenvalue weighted by Gasteiger charge is -2.39. The number of amides is 1. The number of carbonyl (C=O) groups is 1. The molecular formula is C19H28F2N4O. The number of nitrogens with zero attached hydrogens (tertiary/aromatic N) is 4. The number of halogens is 2. The van der Waals surface area contributed by atoms with E-state index < -0.39 is 11.6 Å². The molecular weight excluding hydrogens is 338 g/mol. The van der Waals surface area contributed by atoms with Gasteiger partial charge in [-0.3, -0.25) is 14.6 Å². The molecule has 2 aliphatic heterocycles. The van der Waals surface area contributed by atoms with Gasteiger partial charge in [-0.15, -0.1) is 0 Å². The van der Waals surface area contributed by atoms with Gasteiger partial charge in [0.15, 0.2) is 0 Å². The molecule has 0 aromatic heterocycles. The topological polar surface area (TPSA) is 30.0 Å². The molecule has 2 fully saturated rings. The summed E-state index contributed by atoms with van der Waals surface area (Å²) in [7, 11) is 0. The third-order valence-electron chi connectivity index (χ3n) is 5.38. The fourth-order valence-electron chi connectivity index (χ4n) is 3.66. The second kappa shape index (κ2) is 8.31. The van der Waals surface area contributed by atoms with Crippen molar-refractivity contribution in [2.75, 3.05) is 63.8 Å². The molecule has 2 aliphatic rings. The molecule has 26 heavy (non-hydrogen) atoms. The van der Waals surface area contributed by atoms with Crippen LogP contribution in [0.5, 0.6) is 0 Å². The van der Waals surface area contributed by atoms with Gasteiger partial charge in [-0.05, 0) is 26.0 Å². The second-order valence-electron chi connectivity index (χ2n) is 7.37. The van der Waals surface area contributed by atoms with Gasteiger partial charge in [0, 0.05) is 64.5 Å². The Hall–Kier alpha value is -1.73. The predicted molar refractivity (Wildman–Crippen MR) is 98.3 cm³/mol. The lowest BCUT2D eigenvalue weighted by atomic mass is 10.2. The molecule has 0 unspecified atom stereocenters. The van der Waals surface area contributed by atoms with Gasteiger partial charge >= 0.3 is 0 Å². The lowest BCUT2D eigenvalue weighted by molar-refractivity contribution is -0.134. The van der Waals surface area contributed by atoms with E-state index in [0.717, 1.165) is 32.2 Å². The SMILES string of the molecule is CC(C)N1CCN(C(=O)CN2CCN(c3ccc(F)cc3F)CC2)CC1. The zero-order valence-electron chi connectivity index (χ0n) is 15.6. The summed E-state index contributed by atoms with van der Waals surface area (Å²) in [4.78, 5) is 20.9. The number of hydrogen-bond acceptors (Lipinski definition) is 4. The van der Waals surface area contributed by atoms with Crippen LogP contribution in [0.15, 0.2) is 18.2 Å². The fraction of sp³-hybridized carbons (Fsp3) is 0.632. The third kappa shape index (κ3) is 4.51. The first-order valence-corrected chi connectivity index (χ1v) is 9.38. The first kappa shape index (κ1) is 19.0. The summed E-state index contributed by atoms with van der Waals surface area (Å²) in [6.07, 6.45) is 0. The van der Waals surface area contributed by atoms with E-state index in [9.17, 15) is 13.6 Å². The maximum Gasteiger partial charge on any atom is 0.236 e. The Kier molecular flexibility index (Phi) is 6.09. The number of anilines is 1. The van der Waals surface area contributed by atoms with Crippen LogP contribution in [0, 0.1) is 11.6 Å². The molecule has 5 nitrogen and oxygen atoms in total. The number of carbonyl (C=O) groups excluding carboxylic acids is 1. The number of hydrogen-bond donors (Lipinski definition) is 0. The molecule has 2 saturated heterocycles. The molecule has 144 valence electrons. The minimum atomic E-state index is -0.562. The Morgan fingerprint density at radius 3 is 2.23 bits per heavy atom. The van der Waals surface area contributed by atoms with E-state index in [4.69, 9.17) is 0 Å². The van der Waals surface area contributed by atoms with Gasteiger partial charge < -0.3 is 9.80 Å². The summed E-state index contributed by atoms with van der Waals surface area (Å²) in [6, 6.07) is 4.21. The van der Waals surface area contributed by atoms with Gasteiger partial charge in [0.05, 0.1) is 12.2 Å². The summed E-state index contributed by atoms with van der Waals surface area (Å²) in [5.41, 5.74) is 0.433. The van der Waals surface area contributed by atoms with E-state index in [1.165, 1.54) is 12.1 Å². The van der Waals surface area contributed by atoms with Crippen LogP contribution in [-0.2, 0) is 4.79 Å². The van der Waals surface area contributed by atoms with Crippen LogP contribution in [0.3, 0.4) is 0 Å². The molecule has 0 spiro atoms. The van der Waals surface area contributed by atoms with Crippen LogP contribution < -0.4 is 4.90 Å². The van der Waals surface area contributed by atoms with Crippen molar-refractivity contribution >= 4 is 11.6 Å². The maximum absolute atomic E-state index is 13.9. The molecule has 1 aromatic rings. The van der Waals surface area contributed by atoms with Crippen LogP contribution in [-0.4, -0.2) is 85.6 Å². The van der Waals surface area contributed by atoms with Crippen molar-refractivity contribution in [1.29, 1.82) is 0 Å². The van der Waals surface area contributed by atoms with Crippen LogP contribution in [0.25, 0.3) is 0 Å². The Morgan fingerprint density at radius 2 is 1.65 bits per heavy atom. The van der Waals surface area contributed by atoms with Gasteiger partial charge in [-0.25, -0.2) is 8.78 Å². The van der Waals surface area contributed by atoms with Crippen molar-refractivity contribution in [2.24, 2.45) is 0 Å². The van der Waals surface area contributed by atoms with Gasteiger partial charge in [0.2, 0.25) is 5.91 Å². The number of rotatable bonds is 4. The van der Waals surface area contributed by atoms with Crippen molar-refractivity contribution in [3.63, 3.8) is 0 Å². The van der Waals surface area contributed by atoms with E-state index in [1.807, 2.05) is 9.80 Å². The molecule has 0 aliphatic carbocycles. The molecule has 0 atom stereocenters. The second-order valence-corrected chi connectivity index (χ2v) is 7.37. The highest BCUT2D eigenvalue weighted by Crippen LogP contribution is 2.21. The number of piperazine rings is 2. The molecule has 0 radical (unpaired) electrons. The summed E-state index contributed by atoms with van der Waals surface area (Å²) in [5.74, 6) is -0.916. The lowest BCUT2D eigenvalue weighted by Crippen LogP contribution is -2.54. The monoisotopic (exact) mass is 366 g/mol. The van der Waals surface area contributed by atoms with Crippen molar-refractivity contribution in [2.45, 2.75) is 19.9 Å². The molecule has 0 N–H and O–H groups in total. The van der Waals surface area contributed by atoms with Crippen molar-refractivity contribution in [3.05, 3.63) is 29.8 Å². The molecule has 3 rings (SSSR count). The van der Waals surface area contributed by atoms with Gasteiger partial charge in [-0.1, -0.05) is 0 Å². The standard InChI is InChI=1S/C19H28F2N4O/c1-15(2)23-9-11-25(12-10-23)19(26)14-22-5-7-24(8-6-22)18-4-3-16(20)13-17(18)21/h3-4,13,15H,5-12,14H2,1-2H3.